The maximum absolute atomic E-state index is 13.2. The standard InChI is InChI=1S/C25H37ClN4O4/c1-17-13-21(14-18(2)19(17)3)30-25(31)20-15-22(32-10-4-7-27)24(34-11-5-8-28)23(16-20)33-12-6-9-29-26/h13-16,29H,4-12,27-28H2,1-3H3,(H,30,31). The smallest absolute Gasteiger partial charge is 0.255 e. The Balaban J connectivity index is 2.37. The first-order valence-electron chi connectivity index (χ1n) is 11.6. The Labute approximate surface area is 207 Å². The summed E-state index contributed by atoms with van der Waals surface area (Å²) >= 11 is 5.55. The third-order valence-electron chi connectivity index (χ3n) is 5.34. The van der Waals surface area contributed by atoms with Gasteiger partial charge in [0, 0.05) is 17.8 Å². The van der Waals surface area contributed by atoms with Crippen LogP contribution in [0.1, 0.15) is 46.3 Å². The molecule has 0 unspecified atom stereocenters. The average Bonchev–Trinajstić information content (AvgIpc) is 2.81. The minimum Gasteiger partial charge on any atom is -0.489 e. The molecule has 0 atom stereocenters. The van der Waals surface area contributed by atoms with Gasteiger partial charge in [-0.25, -0.2) is 4.84 Å². The Morgan fingerprint density at radius 1 is 0.853 bits per heavy atom. The number of hydrogen-bond donors (Lipinski definition) is 4. The van der Waals surface area contributed by atoms with Crippen molar-refractivity contribution in [1.82, 2.24) is 4.84 Å². The van der Waals surface area contributed by atoms with E-state index in [1.807, 2.05) is 26.0 Å². The fourth-order valence-electron chi connectivity index (χ4n) is 3.22. The molecule has 9 heteroatoms. The highest BCUT2D eigenvalue weighted by Gasteiger charge is 2.19. The molecule has 8 nitrogen and oxygen atoms in total. The van der Waals surface area contributed by atoms with Crippen LogP contribution in [0.5, 0.6) is 17.2 Å². The predicted octanol–water partition coefficient (Wildman–Crippen LogP) is 3.83. The number of anilines is 1. The molecule has 0 fully saturated rings. The summed E-state index contributed by atoms with van der Waals surface area (Å²) in [4.78, 5) is 15.7. The van der Waals surface area contributed by atoms with Crippen LogP contribution in [-0.4, -0.2) is 45.4 Å². The van der Waals surface area contributed by atoms with Crippen molar-refractivity contribution in [3.63, 3.8) is 0 Å². The highest BCUT2D eigenvalue weighted by atomic mass is 35.5. The van der Waals surface area contributed by atoms with Gasteiger partial charge in [0.15, 0.2) is 11.5 Å². The van der Waals surface area contributed by atoms with Gasteiger partial charge in [-0.3, -0.25) is 4.79 Å². The zero-order valence-electron chi connectivity index (χ0n) is 20.3. The molecular weight excluding hydrogens is 456 g/mol. The molecule has 2 aromatic rings. The number of hydrogen-bond acceptors (Lipinski definition) is 7. The summed E-state index contributed by atoms with van der Waals surface area (Å²) in [5.41, 5.74) is 15.8. The molecule has 6 N–H and O–H groups in total. The summed E-state index contributed by atoms with van der Waals surface area (Å²) in [5.74, 6) is 1.04. The monoisotopic (exact) mass is 492 g/mol. The van der Waals surface area contributed by atoms with Crippen molar-refractivity contribution >= 4 is 23.4 Å². The normalized spacial score (nSPS) is 10.8. The molecule has 188 valence electrons. The molecule has 0 bridgehead atoms. The Hall–Kier alpha value is -2.52. The van der Waals surface area contributed by atoms with E-state index in [1.165, 1.54) is 5.56 Å². The lowest BCUT2D eigenvalue weighted by molar-refractivity contribution is 0.102. The molecule has 34 heavy (non-hydrogen) atoms. The van der Waals surface area contributed by atoms with Crippen molar-refractivity contribution in [2.45, 2.75) is 40.0 Å². The minimum absolute atomic E-state index is 0.271. The lowest BCUT2D eigenvalue weighted by Crippen LogP contribution is -2.15. The zero-order chi connectivity index (χ0) is 24.9. The van der Waals surface area contributed by atoms with Gasteiger partial charge in [0.1, 0.15) is 0 Å². The minimum atomic E-state index is -0.271. The Morgan fingerprint density at radius 2 is 1.38 bits per heavy atom. The highest BCUT2D eigenvalue weighted by molar-refractivity contribution is 6.13. The topological polar surface area (TPSA) is 121 Å². The summed E-state index contributed by atoms with van der Waals surface area (Å²) in [5, 5.41) is 2.98. The second-order valence-corrected chi connectivity index (χ2v) is 8.33. The van der Waals surface area contributed by atoms with Crippen LogP contribution >= 0.6 is 11.8 Å². The third-order valence-corrected chi connectivity index (χ3v) is 5.53. The van der Waals surface area contributed by atoms with E-state index >= 15 is 0 Å². The quantitative estimate of drug-likeness (QED) is 0.220. The van der Waals surface area contributed by atoms with Crippen molar-refractivity contribution in [1.29, 1.82) is 0 Å². The molecule has 1 amide bonds. The summed E-state index contributed by atoms with van der Waals surface area (Å²) in [6.45, 7) is 8.85. The van der Waals surface area contributed by atoms with Gasteiger partial charge in [-0.1, -0.05) is 0 Å². The van der Waals surface area contributed by atoms with Crippen LogP contribution in [0.2, 0.25) is 0 Å². The van der Waals surface area contributed by atoms with Gasteiger partial charge in [0.2, 0.25) is 5.75 Å². The SMILES string of the molecule is Cc1cc(NC(=O)c2cc(OCCCN)c(OCCCN)c(OCCCNCl)c2)cc(C)c1C. The summed E-state index contributed by atoms with van der Waals surface area (Å²) < 4.78 is 17.9. The largest absolute Gasteiger partial charge is 0.489 e. The molecule has 0 aliphatic carbocycles. The maximum Gasteiger partial charge on any atom is 0.255 e. The van der Waals surface area contributed by atoms with E-state index in [0.29, 0.717) is 81.5 Å². The van der Waals surface area contributed by atoms with Crippen molar-refractivity contribution in [2.75, 3.05) is 44.8 Å². The summed E-state index contributed by atoms with van der Waals surface area (Å²) in [6.07, 6.45) is 2.01. The molecule has 2 aromatic carbocycles. The summed E-state index contributed by atoms with van der Waals surface area (Å²) in [7, 11) is 0. The maximum atomic E-state index is 13.2. The van der Waals surface area contributed by atoms with Crippen LogP contribution in [-0.2, 0) is 0 Å². The molecular formula is C25H37ClN4O4. The van der Waals surface area contributed by atoms with Crippen molar-refractivity contribution in [3.8, 4) is 17.2 Å². The molecule has 0 saturated heterocycles. The predicted molar refractivity (Wildman–Crippen MR) is 137 cm³/mol. The first kappa shape index (κ1) is 27.7. The van der Waals surface area contributed by atoms with Gasteiger partial charge in [-0.05, 0) is 106 Å². The van der Waals surface area contributed by atoms with E-state index in [4.69, 9.17) is 37.5 Å². The van der Waals surface area contributed by atoms with E-state index in [1.54, 1.807) is 12.1 Å². The lowest BCUT2D eigenvalue weighted by Gasteiger charge is -2.19. The third kappa shape index (κ3) is 8.36. The zero-order valence-corrected chi connectivity index (χ0v) is 21.1. The Bertz CT molecular complexity index is 916. The van der Waals surface area contributed by atoms with E-state index in [0.717, 1.165) is 16.8 Å². The van der Waals surface area contributed by atoms with Crippen molar-refractivity contribution < 1.29 is 19.0 Å². The average molecular weight is 493 g/mol. The van der Waals surface area contributed by atoms with Gasteiger partial charge in [-0.2, -0.15) is 0 Å². The molecule has 0 aliphatic rings. The van der Waals surface area contributed by atoms with Gasteiger partial charge in [-0.15, -0.1) is 0 Å². The molecule has 0 aliphatic heterocycles. The number of carbonyl (C=O) groups excluding carboxylic acids is 1. The number of nitrogens with two attached hydrogens (primary N) is 2. The number of nitrogens with one attached hydrogen (secondary N) is 2. The lowest BCUT2D eigenvalue weighted by atomic mass is 10.0. The Morgan fingerprint density at radius 3 is 1.91 bits per heavy atom. The van der Waals surface area contributed by atoms with E-state index in [2.05, 4.69) is 17.1 Å². The Kier molecular flexibility index (Phi) is 12.0. The van der Waals surface area contributed by atoms with E-state index in [9.17, 15) is 4.79 Å². The van der Waals surface area contributed by atoms with Crippen LogP contribution in [0, 0.1) is 20.8 Å². The van der Waals surface area contributed by atoms with Crippen LogP contribution in [0.25, 0.3) is 0 Å². The van der Waals surface area contributed by atoms with Gasteiger partial charge >= 0.3 is 0 Å². The summed E-state index contributed by atoms with van der Waals surface area (Å²) in [6, 6.07) is 7.26. The van der Waals surface area contributed by atoms with Gasteiger partial charge in [0.05, 0.1) is 19.8 Å². The molecule has 0 radical (unpaired) electrons. The number of halogens is 1. The van der Waals surface area contributed by atoms with Crippen LogP contribution in [0.15, 0.2) is 24.3 Å². The highest BCUT2D eigenvalue weighted by Crippen LogP contribution is 2.39. The number of amides is 1. The number of aryl methyl sites for hydroxylation is 2. The van der Waals surface area contributed by atoms with Crippen molar-refractivity contribution in [2.24, 2.45) is 11.5 Å². The number of ether oxygens (including phenoxy) is 3. The van der Waals surface area contributed by atoms with Crippen LogP contribution < -0.4 is 35.8 Å². The fourth-order valence-corrected chi connectivity index (χ4v) is 3.35. The number of rotatable bonds is 15. The second kappa shape index (κ2) is 14.7. The second-order valence-electron chi connectivity index (χ2n) is 8.06. The van der Waals surface area contributed by atoms with E-state index < -0.39 is 0 Å². The first-order chi connectivity index (χ1) is 16.4. The number of benzene rings is 2. The molecule has 0 spiro atoms. The van der Waals surface area contributed by atoms with Gasteiger partial charge < -0.3 is 31.0 Å². The van der Waals surface area contributed by atoms with Crippen LogP contribution in [0.3, 0.4) is 0 Å². The molecule has 2 rings (SSSR count). The molecule has 0 saturated carbocycles. The van der Waals surface area contributed by atoms with Crippen molar-refractivity contribution in [3.05, 3.63) is 46.5 Å². The van der Waals surface area contributed by atoms with Gasteiger partial charge in [0.25, 0.3) is 5.91 Å². The molecule has 0 heterocycles. The number of carbonyl (C=O) groups is 1. The molecule has 0 aromatic heterocycles. The van der Waals surface area contributed by atoms with E-state index in [-0.39, 0.29) is 5.91 Å². The fraction of sp³-hybridized carbons (Fsp3) is 0.480. The van der Waals surface area contributed by atoms with Crippen LogP contribution in [0.4, 0.5) is 5.69 Å². The first-order valence-corrected chi connectivity index (χ1v) is 12.0.